The molecule has 0 heterocycles. The third-order valence-electron chi connectivity index (χ3n) is 2.82. The minimum atomic E-state index is 0. The van der Waals surface area contributed by atoms with Crippen LogP contribution in [-0.2, 0) is 6.54 Å². The molecule has 0 unspecified atom stereocenters. The van der Waals surface area contributed by atoms with Crippen LogP contribution in [0.3, 0.4) is 0 Å². The van der Waals surface area contributed by atoms with Crippen LogP contribution in [0.4, 0.5) is 0 Å². The van der Waals surface area contributed by atoms with Crippen molar-refractivity contribution in [1.29, 1.82) is 0 Å². The highest BCUT2D eigenvalue weighted by Gasteiger charge is 2.14. The van der Waals surface area contributed by atoms with Gasteiger partial charge in [-0.1, -0.05) is 43.7 Å². The van der Waals surface area contributed by atoms with Gasteiger partial charge in [0.1, 0.15) is 6.54 Å². The van der Waals surface area contributed by atoms with Crippen LogP contribution < -0.4 is 12.4 Å². The van der Waals surface area contributed by atoms with Gasteiger partial charge in [0.05, 0.1) is 20.6 Å². The minimum Gasteiger partial charge on any atom is -1.00 e. The number of unbranched alkanes of at least 4 members (excludes halogenated alkanes) is 2. The number of hydrogen-bond donors (Lipinski definition) is 0. The van der Waals surface area contributed by atoms with Crippen LogP contribution in [0.15, 0.2) is 30.3 Å². The molecule has 0 aliphatic carbocycles. The van der Waals surface area contributed by atoms with Gasteiger partial charge in [0.15, 0.2) is 0 Å². The highest BCUT2D eigenvalue weighted by atomic mass is 35.5. The average molecular weight is 242 g/mol. The molecule has 0 bridgehead atoms. The van der Waals surface area contributed by atoms with Crippen LogP contribution >= 0.6 is 0 Å². The summed E-state index contributed by atoms with van der Waals surface area (Å²) in [6.07, 6.45) is 4.01. The lowest BCUT2D eigenvalue weighted by Crippen LogP contribution is -3.00. The summed E-state index contributed by atoms with van der Waals surface area (Å²) in [5.74, 6) is 0. The average Bonchev–Trinajstić information content (AvgIpc) is 2.18. The van der Waals surface area contributed by atoms with Crippen molar-refractivity contribution < 1.29 is 16.9 Å². The van der Waals surface area contributed by atoms with E-state index >= 15 is 0 Å². The van der Waals surface area contributed by atoms with Crippen molar-refractivity contribution >= 4 is 0 Å². The normalized spacial score (nSPS) is 10.9. The first-order valence-electron chi connectivity index (χ1n) is 6.00. The maximum atomic E-state index is 2.32. The Balaban J connectivity index is 0.00000225. The van der Waals surface area contributed by atoms with Crippen LogP contribution in [0.5, 0.6) is 0 Å². The predicted molar refractivity (Wildman–Crippen MR) is 66.6 cm³/mol. The van der Waals surface area contributed by atoms with Gasteiger partial charge in [-0.25, -0.2) is 0 Å². The fraction of sp³-hybridized carbons (Fsp3) is 0.571. The second kappa shape index (κ2) is 7.70. The molecule has 1 aromatic rings. The Labute approximate surface area is 106 Å². The Kier molecular flexibility index (Phi) is 7.44. The van der Waals surface area contributed by atoms with Crippen molar-refractivity contribution in [2.24, 2.45) is 0 Å². The van der Waals surface area contributed by atoms with E-state index in [2.05, 4.69) is 51.4 Å². The second-order valence-corrected chi connectivity index (χ2v) is 5.01. The Hall–Kier alpha value is -0.530. The Morgan fingerprint density at radius 2 is 1.62 bits per heavy atom. The van der Waals surface area contributed by atoms with E-state index in [9.17, 15) is 0 Å². The smallest absolute Gasteiger partial charge is 0.104 e. The van der Waals surface area contributed by atoms with E-state index in [1.54, 1.807) is 0 Å². The number of nitrogens with zero attached hydrogens (tertiary/aromatic N) is 1. The highest BCUT2D eigenvalue weighted by Crippen LogP contribution is 2.10. The first-order valence-corrected chi connectivity index (χ1v) is 6.00. The van der Waals surface area contributed by atoms with Gasteiger partial charge in [-0.05, 0) is 12.8 Å². The van der Waals surface area contributed by atoms with E-state index in [4.69, 9.17) is 0 Å². The molecule has 0 N–H and O–H groups in total. The number of benzene rings is 1. The van der Waals surface area contributed by atoms with Gasteiger partial charge in [-0.2, -0.15) is 0 Å². The Morgan fingerprint density at radius 3 is 2.19 bits per heavy atom. The van der Waals surface area contributed by atoms with E-state index < -0.39 is 0 Å². The van der Waals surface area contributed by atoms with Crippen LogP contribution in [0.2, 0.25) is 0 Å². The fourth-order valence-electron chi connectivity index (χ4n) is 1.95. The van der Waals surface area contributed by atoms with Crippen molar-refractivity contribution in [1.82, 2.24) is 0 Å². The molecular formula is C14H24ClN. The second-order valence-electron chi connectivity index (χ2n) is 5.01. The van der Waals surface area contributed by atoms with Gasteiger partial charge < -0.3 is 16.9 Å². The van der Waals surface area contributed by atoms with Gasteiger partial charge in [-0.15, -0.1) is 0 Å². The molecular weight excluding hydrogens is 218 g/mol. The summed E-state index contributed by atoms with van der Waals surface area (Å²) < 4.78 is 1.10. The first-order chi connectivity index (χ1) is 7.14. The lowest BCUT2D eigenvalue weighted by molar-refractivity contribution is -0.903. The zero-order valence-corrected chi connectivity index (χ0v) is 11.5. The molecule has 2 heteroatoms. The summed E-state index contributed by atoms with van der Waals surface area (Å²) in [6, 6.07) is 10.8. The lowest BCUT2D eigenvalue weighted by atomic mass is 10.2. The minimum absolute atomic E-state index is 0. The Bertz CT molecular complexity index is 269. The number of halogens is 1. The number of quaternary nitrogens is 1. The van der Waals surface area contributed by atoms with Crippen molar-refractivity contribution in [3.8, 4) is 0 Å². The summed E-state index contributed by atoms with van der Waals surface area (Å²) in [4.78, 5) is 0. The standard InChI is InChI=1S/C14H24N.ClH/c1-4-5-9-12-15(2,3)13-14-10-7-6-8-11-14;/h6-8,10-11H,4-5,9,12-13H2,1-3H3;1H/q+1;/p-1. The molecule has 0 aromatic heterocycles. The zero-order valence-electron chi connectivity index (χ0n) is 10.7. The molecule has 0 aliphatic heterocycles. The topological polar surface area (TPSA) is 0 Å². The summed E-state index contributed by atoms with van der Waals surface area (Å²) >= 11 is 0. The van der Waals surface area contributed by atoms with Crippen molar-refractivity contribution in [2.75, 3.05) is 20.6 Å². The monoisotopic (exact) mass is 241 g/mol. The van der Waals surface area contributed by atoms with E-state index in [1.807, 2.05) is 0 Å². The van der Waals surface area contributed by atoms with Gasteiger partial charge in [0.25, 0.3) is 0 Å². The summed E-state index contributed by atoms with van der Waals surface area (Å²) in [5, 5.41) is 0. The molecule has 0 saturated heterocycles. The molecule has 0 saturated carbocycles. The highest BCUT2D eigenvalue weighted by molar-refractivity contribution is 5.13. The number of rotatable bonds is 6. The molecule has 0 spiro atoms. The van der Waals surface area contributed by atoms with E-state index in [1.165, 1.54) is 31.4 Å². The van der Waals surface area contributed by atoms with Gasteiger partial charge in [-0.3, -0.25) is 0 Å². The van der Waals surface area contributed by atoms with E-state index in [-0.39, 0.29) is 12.4 Å². The maximum absolute atomic E-state index is 2.32. The van der Waals surface area contributed by atoms with Crippen molar-refractivity contribution in [3.63, 3.8) is 0 Å². The van der Waals surface area contributed by atoms with Crippen LogP contribution in [-0.4, -0.2) is 25.1 Å². The third-order valence-corrected chi connectivity index (χ3v) is 2.82. The first kappa shape index (κ1) is 15.5. The summed E-state index contributed by atoms with van der Waals surface area (Å²) in [6.45, 7) is 4.69. The van der Waals surface area contributed by atoms with Gasteiger partial charge in [0, 0.05) is 5.56 Å². The van der Waals surface area contributed by atoms with E-state index in [0.29, 0.717) is 0 Å². The molecule has 0 amide bonds. The van der Waals surface area contributed by atoms with Crippen LogP contribution in [0.25, 0.3) is 0 Å². The van der Waals surface area contributed by atoms with Crippen LogP contribution in [0, 0.1) is 0 Å². The van der Waals surface area contributed by atoms with Gasteiger partial charge in [0.2, 0.25) is 0 Å². The quantitative estimate of drug-likeness (QED) is 0.502. The molecule has 0 radical (unpaired) electrons. The molecule has 0 fully saturated rings. The predicted octanol–water partition coefficient (Wildman–Crippen LogP) is 0.457. The molecule has 16 heavy (non-hydrogen) atoms. The molecule has 1 aromatic carbocycles. The number of hydrogen-bond acceptors (Lipinski definition) is 0. The van der Waals surface area contributed by atoms with E-state index in [0.717, 1.165) is 11.0 Å². The molecule has 1 nitrogen and oxygen atoms in total. The van der Waals surface area contributed by atoms with Crippen molar-refractivity contribution in [3.05, 3.63) is 35.9 Å². The molecule has 92 valence electrons. The largest absolute Gasteiger partial charge is 1.00 e. The maximum Gasteiger partial charge on any atom is 0.104 e. The van der Waals surface area contributed by atoms with Crippen LogP contribution in [0.1, 0.15) is 31.7 Å². The van der Waals surface area contributed by atoms with Crippen molar-refractivity contribution in [2.45, 2.75) is 32.7 Å². The lowest BCUT2D eigenvalue weighted by Gasteiger charge is -2.30. The Morgan fingerprint density at radius 1 is 1.00 bits per heavy atom. The molecule has 0 aliphatic rings. The molecule has 1 rings (SSSR count). The van der Waals surface area contributed by atoms with Gasteiger partial charge >= 0.3 is 0 Å². The summed E-state index contributed by atoms with van der Waals surface area (Å²) in [7, 11) is 4.64. The SMILES string of the molecule is CCCCC[N+](C)(C)Cc1ccccc1.[Cl-]. The molecule has 0 atom stereocenters. The third kappa shape index (κ3) is 6.14. The zero-order chi connectivity index (χ0) is 11.1. The summed E-state index contributed by atoms with van der Waals surface area (Å²) in [5.41, 5.74) is 1.44. The fourth-order valence-corrected chi connectivity index (χ4v) is 1.95.